The van der Waals surface area contributed by atoms with Crippen LogP contribution in [0.5, 0.6) is 0 Å². The van der Waals surface area contributed by atoms with Crippen molar-refractivity contribution in [3.8, 4) is 0 Å². The van der Waals surface area contributed by atoms with Crippen molar-refractivity contribution in [2.75, 3.05) is 11.4 Å². The number of anilines is 1. The van der Waals surface area contributed by atoms with Crippen molar-refractivity contribution in [3.05, 3.63) is 64.7 Å². The van der Waals surface area contributed by atoms with E-state index in [1.807, 2.05) is 19.1 Å². The Morgan fingerprint density at radius 3 is 2.46 bits per heavy atom. The number of carbonyl (C=O) groups is 1. The average molecular weight is 335 g/mol. The Labute approximate surface area is 137 Å². The number of hydrogen-bond donors (Lipinski definition) is 1. The molecular weight excluding hydrogens is 319 g/mol. The maximum Gasteiger partial charge on any atom is 0.416 e. The molecule has 0 saturated carbocycles. The van der Waals surface area contributed by atoms with Crippen LogP contribution in [-0.4, -0.2) is 17.6 Å². The molecule has 0 aliphatic carbocycles. The first kappa shape index (κ1) is 16.5. The summed E-state index contributed by atoms with van der Waals surface area (Å²) >= 11 is 0. The van der Waals surface area contributed by atoms with Gasteiger partial charge >= 0.3 is 6.18 Å². The fourth-order valence-electron chi connectivity index (χ4n) is 2.88. The number of aliphatic hydroxyl groups is 1. The highest BCUT2D eigenvalue weighted by molar-refractivity contribution is 6.06. The Hall–Kier alpha value is -2.34. The Balaban J connectivity index is 1.93. The van der Waals surface area contributed by atoms with E-state index in [-0.39, 0.29) is 11.5 Å². The summed E-state index contributed by atoms with van der Waals surface area (Å²) in [6.07, 6.45) is -4.68. The molecule has 0 spiro atoms. The molecule has 2 aromatic carbocycles. The Kier molecular flexibility index (Phi) is 4.09. The predicted molar refractivity (Wildman–Crippen MR) is 83.9 cm³/mol. The second kappa shape index (κ2) is 5.94. The summed E-state index contributed by atoms with van der Waals surface area (Å²) in [6, 6.07) is 9.60. The summed E-state index contributed by atoms with van der Waals surface area (Å²) in [7, 11) is 0. The highest BCUT2D eigenvalue weighted by Crippen LogP contribution is 2.35. The highest BCUT2D eigenvalue weighted by Gasteiger charge is 2.31. The molecule has 2 aromatic rings. The molecule has 1 aliphatic heterocycles. The van der Waals surface area contributed by atoms with Crippen LogP contribution < -0.4 is 4.90 Å². The number of aliphatic hydroxyl groups excluding tert-OH is 1. The summed E-state index contributed by atoms with van der Waals surface area (Å²) in [6.45, 7) is 2.21. The van der Waals surface area contributed by atoms with Crippen molar-refractivity contribution in [1.82, 2.24) is 0 Å². The van der Waals surface area contributed by atoms with Crippen LogP contribution in [0.4, 0.5) is 18.9 Å². The lowest BCUT2D eigenvalue weighted by Gasteiger charge is -2.32. The van der Waals surface area contributed by atoms with Gasteiger partial charge in [-0.25, -0.2) is 0 Å². The van der Waals surface area contributed by atoms with Gasteiger partial charge in [-0.3, -0.25) is 4.79 Å². The standard InChI is InChI=1S/C18H16F3NO2/c1-11-2-7-15-14(10-11)16(23)8-9-22(15)17(24)12-3-5-13(6-4-12)18(19,20)21/h2-7,10,16,23H,8-9H2,1H3. The molecule has 1 heterocycles. The SMILES string of the molecule is Cc1ccc2c(c1)C(O)CCN2C(=O)c1ccc(C(F)(F)F)cc1. The maximum absolute atomic E-state index is 12.7. The number of benzene rings is 2. The smallest absolute Gasteiger partial charge is 0.388 e. The number of amides is 1. The number of alkyl halides is 3. The number of halogens is 3. The molecular formula is C18H16F3NO2. The van der Waals surface area contributed by atoms with E-state index >= 15 is 0 Å². The summed E-state index contributed by atoms with van der Waals surface area (Å²) in [5, 5.41) is 10.1. The molecule has 1 N–H and O–H groups in total. The summed E-state index contributed by atoms with van der Waals surface area (Å²) < 4.78 is 37.9. The largest absolute Gasteiger partial charge is 0.416 e. The van der Waals surface area contributed by atoms with E-state index in [9.17, 15) is 23.1 Å². The lowest BCUT2D eigenvalue weighted by atomic mass is 9.96. The average Bonchev–Trinajstić information content (AvgIpc) is 2.54. The van der Waals surface area contributed by atoms with Crippen LogP contribution in [0.15, 0.2) is 42.5 Å². The van der Waals surface area contributed by atoms with Crippen LogP contribution >= 0.6 is 0 Å². The van der Waals surface area contributed by atoms with Gasteiger partial charge in [0.25, 0.3) is 5.91 Å². The number of carbonyl (C=O) groups excluding carboxylic acids is 1. The van der Waals surface area contributed by atoms with Crippen molar-refractivity contribution in [2.24, 2.45) is 0 Å². The minimum absolute atomic E-state index is 0.186. The van der Waals surface area contributed by atoms with E-state index < -0.39 is 17.8 Å². The first-order valence-electron chi connectivity index (χ1n) is 7.55. The monoisotopic (exact) mass is 335 g/mol. The molecule has 3 nitrogen and oxygen atoms in total. The van der Waals surface area contributed by atoms with E-state index in [2.05, 4.69) is 0 Å². The Morgan fingerprint density at radius 2 is 1.83 bits per heavy atom. The van der Waals surface area contributed by atoms with Gasteiger partial charge in [-0.1, -0.05) is 17.7 Å². The van der Waals surface area contributed by atoms with Crippen LogP contribution in [0, 0.1) is 6.92 Å². The van der Waals surface area contributed by atoms with E-state index in [0.29, 0.717) is 24.2 Å². The van der Waals surface area contributed by atoms with Gasteiger partial charge in [-0.2, -0.15) is 13.2 Å². The van der Waals surface area contributed by atoms with Crippen LogP contribution in [-0.2, 0) is 6.18 Å². The molecule has 126 valence electrons. The zero-order valence-corrected chi connectivity index (χ0v) is 13.0. The van der Waals surface area contributed by atoms with Gasteiger partial charge in [-0.15, -0.1) is 0 Å². The van der Waals surface area contributed by atoms with Gasteiger partial charge in [0.2, 0.25) is 0 Å². The van der Waals surface area contributed by atoms with Crippen molar-refractivity contribution < 1.29 is 23.1 Å². The molecule has 0 fully saturated rings. The molecule has 6 heteroatoms. The zero-order chi connectivity index (χ0) is 17.5. The number of nitrogens with zero attached hydrogens (tertiary/aromatic N) is 1. The van der Waals surface area contributed by atoms with Gasteiger partial charge in [-0.05, 0) is 43.7 Å². The van der Waals surface area contributed by atoms with E-state index in [0.717, 1.165) is 17.7 Å². The lowest BCUT2D eigenvalue weighted by molar-refractivity contribution is -0.137. The molecule has 1 aliphatic rings. The summed E-state index contributed by atoms with van der Waals surface area (Å²) in [5.74, 6) is -0.374. The fourth-order valence-corrected chi connectivity index (χ4v) is 2.88. The van der Waals surface area contributed by atoms with Crippen molar-refractivity contribution >= 4 is 11.6 Å². The molecule has 1 atom stereocenters. The molecule has 0 radical (unpaired) electrons. The second-order valence-electron chi connectivity index (χ2n) is 5.90. The van der Waals surface area contributed by atoms with E-state index in [4.69, 9.17) is 0 Å². The quantitative estimate of drug-likeness (QED) is 0.852. The van der Waals surface area contributed by atoms with Crippen LogP contribution in [0.25, 0.3) is 0 Å². The highest BCUT2D eigenvalue weighted by atomic mass is 19.4. The van der Waals surface area contributed by atoms with Gasteiger partial charge in [0.05, 0.1) is 11.7 Å². The fraction of sp³-hybridized carbons (Fsp3) is 0.278. The summed E-state index contributed by atoms with van der Waals surface area (Å²) in [5.41, 5.74) is 1.64. The topological polar surface area (TPSA) is 40.5 Å². The first-order chi connectivity index (χ1) is 11.3. The predicted octanol–water partition coefficient (Wildman–Crippen LogP) is 4.10. The maximum atomic E-state index is 12.7. The molecule has 1 unspecified atom stereocenters. The van der Waals surface area contributed by atoms with Crippen molar-refractivity contribution in [2.45, 2.75) is 25.6 Å². The summed E-state index contributed by atoms with van der Waals surface area (Å²) in [4.78, 5) is 14.2. The number of rotatable bonds is 1. The normalized spacial score (nSPS) is 17.5. The minimum atomic E-state index is -4.43. The van der Waals surface area contributed by atoms with E-state index in [1.54, 1.807) is 6.07 Å². The molecule has 0 saturated heterocycles. The number of fused-ring (bicyclic) bond motifs is 1. The van der Waals surface area contributed by atoms with Crippen LogP contribution in [0.2, 0.25) is 0 Å². The first-order valence-corrected chi connectivity index (χ1v) is 7.55. The van der Waals surface area contributed by atoms with Gasteiger partial charge in [0.15, 0.2) is 0 Å². The number of hydrogen-bond acceptors (Lipinski definition) is 2. The molecule has 1 amide bonds. The van der Waals surface area contributed by atoms with E-state index in [1.165, 1.54) is 17.0 Å². The third-order valence-electron chi connectivity index (χ3n) is 4.16. The molecule has 24 heavy (non-hydrogen) atoms. The van der Waals surface area contributed by atoms with Crippen molar-refractivity contribution in [3.63, 3.8) is 0 Å². The van der Waals surface area contributed by atoms with Gasteiger partial charge < -0.3 is 10.0 Å². The second-order valence-corrected chi connectivity index (χ2v) is 5.90. The Morgan fingerprint density at radius 1 is 1.17 bits per heavy atom. The lowest BCUT2D eigenvalue weighted by Crippen LogP contribution is -2.36. The third-order valence-corrected chi connectivity index (χ3v) is 4.16. The molecule has 0 bridgehead atoms. The van der Waals surface area contributed by atoms with Gasteiger partial charge in [0.1, 0.15) is 0 Å². The number of aryl methyl sites for hydroxylation is 1. The third kappa shape index (κ3) is 3.01. The minimum Gasteiger partial charge on any atom is -0.388 e. The van der Waals surface area contributed by atoms with Crippen LogP contribution in [0.1, 0.15) is 39.6 Å². The van der Waals surface area contributed by atoms with Crippen LogP contribution in [0.3, 0.4) is 0 Å². The molecule has 0 aromatic heterocycles. The molecule has 3 rings (SSSR count). The Bertz CT molecular complexity index is 769. The van der Waals surface area contributed by atoms with Gasteiger partial charge in [0, 0.05) is 23.4 Å². The van der Waals surface area contributed by atoms with Crippen molar-refractivity contribution in [1.29, 1.82) is 0 Å². The zero-order valence-electron chi connectivity index (χ0n) is 13.0.